The Morgan fingerprint density at radius 3 is 2.52 bits per heavy atom. The summed E-state index contributed by atoms with van der Waals surface area (Å²) in [6.07, 6.45) is 0. The minimum atomic E-state index is -0.383. The monoisotopic (exact) mass is 475 g/mol. The number of non-ortho nitro benzene ring substituents is 1. The molecule has 0 unspecified atom stereocenters. The molecule has 4 rings (SSSR count). The molecule has 10 heteroatoms. The first-order chi connectivity index (χ1) is 14.0. The number of anilines is 1. The van der Waals surface area contributed by atoms with Crippen molar-refractivity contribution in [1.29, 1.82) is 0 Å². The normalized spacial score (nSPS) is 14.9. The van der Waals surface area contributed by atoms with Crippen LogP contribution >= 0.6 is 28.1 Å². The lowest BCUT2D eigenvalue weighted by Crippen LogP contribution is -2.46. The van der Waals surface area contributed by atoms with E-state index >= 15 is 0 Å². The van der Waals surface area contributed by atoms with Crippen molar-refractivity contribution in [2.45, 2.75) is 6.67 Å². The van der Waals surface area contributed by atoms with Crippen molar-refractivity contribution < 1.29 is 9.34 Å². The van der Waals surface area contributed by atoms with Gasteiger partial charge in [0.2, 0.25) is 5.89 Å². The van der Waals surface area contributed by atoms with Gasteiger partial charge in [-0.05, 0) is 42.5 Å². The molecular formula is C19H18BrN5O3S. The summed E-state index contributed by atoms with van der Waals surface area (Å²) < 4.78 is 8.33. The van der Waals surface area contributed by atoms with Gasteiger partial charge in [0.1, 0.15) is 0 Å². The SMILES string of the molecule is O=[N+]([O-])c1ccc(N2CCN(Cn3nc(-c4cccc(Br)c4)oc3=S)CC2)cc1. The molecule has 0 atom stereocenters. The number of rotatable bonds is 5. The fourth-order valence-electron chi connectivity index (χ4n) is 3.26. The lowest BCUT2D eigenvalue weighted by molar-refractivity contribution is -0.384. The first kappa shape index (κ1) is 19.7. The zero-order valence-corrected chi connectivity index (χ0v) is 17.8. The summed E-state index contributed by atoms with van der Waals surface area (Å²) in [5.41, 5.74) is 1.96. The van der Waals surface area contributed by atoms with E-state index in [0.29, 0.717) is 17.4 Å². The van der Waals surface area contributed by atoms with Crippen LogP contribution in [0.15, 0.2) is 57.4 Å². The molecule has 1 aliphatic heterocycles. The van der Waals surface area contributed by atoms with Gasteiger partial charge in [-0.25, -0.2) is 4.68 Å². The summed E-state index contributed by atoms with van der Waals surface area (Å²) in [7, 11) is 0. The van der Waals surface area contributed by atoms with Crippen LogP contribution in [0.25, 0.3) is 11.5 Å². The van der Waals surface area contributed by atoms with E-state index in [9.17, 15) is 10.1 Å². The molecule has 2 heterocycles. The van der Waals surface area contributed by atoms with Gasteiger partial charge in [-0.15, -0.1) is 5.10 Å². The Kier molecular flexibility index (Phi) is 5.74. The molecule has 29 heavy (non-hydrogen) atoms. The number of hydrogen-bond acceptors (Lipinski definition) is 7. The standard InChI is InChI=1S/C19H18BrN5O3S/c20-15-3-1-2-14(12-15)18-21-24(19(29)28-18)13-22-8-10-23(11-9-22)16-4-6-17(7-5-16)25(26)27/h1-7,12H,8-11,13H2. The van der Waals surface area contributed by atoms with Gasteiger partial charge in [-0.2, -0.15) is 0 Å². The molecule has 0 N–H and O–H groups in total. The van der Waals surface area contributed by atoms with Crippen molar-refractivity contribution in [2.24, 2.45) is 0 Å². The molecule has 3 aromatic rings. The Morgan fingerprint density at radius 2 is 1.86 bits per heavy atom. The summed E-state index contributed by atoms with van der Waals surface area (Å²) >= 11 is 8.79. The maximum absolute atomic E-state index is 10.8. The van der Waals surface area contributed by atoms with Crippen LogP contribution in [0.5, 0.6) is 0 Å². The Hall–Kier alpha value is -2.56. The molecule has 0 radical (unpaired) electrons. The third-order valence-corrected chi connectivity index (χ3v) is 5.60. The van der Waals surface area contributed by atoms with E-state index in [0.717, 1.165) is 41.9 Å². The molecule has 0 bridgehead atoms. The summed E-state index contributed by atoms with van der Waals surface area (Å²) in [5, 5.41) is 15.3. The molecule has 0 saturated carbocycles. The molecule has 1 fully saturated rings. The lowest BCUT2D eigenvalue weighted by Gasteiger charge is -2.35. The molecule has 1 aliphatic rings. The number of benzene rings is 2. The fraction of sp³-hybridized carbons (Fsp3) is 0.263. The quantitative estimate of drug-likeness (QED) is 0.308. The maximum Gasteiger partial charge on any atom is 0.288 e. The zero-order chi connectivity index (χ0) is 20.4. The molecule has 1 aromatic heterocycles. The van der Waals surface area contributed by atoms with Crippen molar-refractivity contribution in [3.8, 4) is 11.5 Å². The Morgan fingerprint density at radius 1 is 1.14 bits per heavy atom. The molecule has 2 aromatic carbocycles. The largest absolute Gasteiger partial charge is 0.409 e. The van der Waals surface area contributed by atoms with E-state index in [-0.39, 0.29) is 10.6 Å². The van der Waals surface area contributed by atoms with Gasteiger partial charge in [-0.3, -0.25) is 15.0 Å². The Balaban J connectivity index is 1.39. The summed E-state index contributed by atoms with van der Waals surface area (Å²) in [5.74, 6) is 0.501. The second kappa shape index (κ2) is 8.44. The van der Waals surface area contributed by atoms with Crippen molar-refractivity contribution in [1.82, 2.24) is 14.7 Å². The second-order valence-electron chi connectivity index (χ2n) is 6.70. The number of halogens is 1. The molecule has 0 amide bonds. The predicted octanol–water partition coefficient (Wildman–Crippen LogP) is 4.32. The number of nitro benzene ring substituents is 1. The number of piperazine rings is 1. The maximum atomic E-state index is 10.8. The molecule has 8 nitrogen and oxygen atoms in total. The number of hydrogen-bond donors (Lipinski definition) is 0. The first-order valence-corrected chi connectivity index (χ1v) is 10.3. The molecule has 0 spiro atoms. The van der Waals surface area contributed by atoms with Gasteiger partial charge in [0.15, 0.2) is 0 Å². The van der Waals surface area contributed by atoms with Crippen molar-refractivity contribution in [3.63, 3.8) is 0 Å². The Bertz CT molecular complexity index is 1070. The van der Waals surface area contributed by atoms with Crippen LogP contribution < -0.4 is 4.90 Å². The third-order valence-electron chi connectivity index (χ3n) is 4.81. The topological polar surface area (TPSA) is 80.6 Å². The smallest absolute Gasteiger partial charge is 0.288 e. The van der Waals surface area contributed by atoms with Crippen LogP contribution in [0, 0.1) is 15.0 Å². The molecule has 150 valence electrons. The van der Waals surface area contributed by atoms with Crippen LogP contribution in [0.4, 0.5) is 11.4 Å². The van der Waals surface area contributed by atoms with E-state index in [1.165, 1.54) is 0 Å². The highest BCUT2D eigenvalue weighted by Gasteiger charge is 2.19. The van der Waals surface area contributed by atoms with Gasteiger partial charge >= 0.3 is 0 Å². The zero-order valence-electron chi connectivity index (χ0n) is 15.4. The molecule has 1 saturated heterocycles. The minimum Gasteiger partial charge on any atom is -0.409 e. The number of nitro groups is 1. The summed E-state index contributed by atoms with van der Waals surface area (Å²) in [6.45, 7) is 3.86. The highest BCUT2D eigenvalue weighted by molar-refractivity contribution is 9.10. The van der Waals surface area contributed by atoms with E-state index < -0.39 is 0 Å². The second-order valence-corrected chi connectivity index (χ2v) is 7.97. The van der Waals surface area contributed by atoms with E-state index in [1.54, 1.807) is 28.9 Å². The number of nitrogens with zero attached hydrogens (tertiary/aromatic N) is 5. The highest BCUT2D eigenvalue weighted by atomic mass is 79.9. The van der Waals surface area contributed by atoms with Crippen LogP contribution in [0.3, 0.4) is 0 Å². The first-order valence-electron chi connectivity index (χ1n) is 9.05. The molecular weight excluding hydrogens is 458 g/mol. The van der Waals surface area contributed by atoms with Gasteiger partial charge in [-0.1, -0.05) is 22.0 Å². The summed E-state index contributed by atoms with van der Waals surface area (Å²) in [6, 6.07) is 14.4. The van der Waals surface area contributed by atoms with Crippen molar-refractivity contribution in [2.75, 3.05) is 31.1 Å². The third kappa shape index (κ3) is 4.55. The lowest BCUT2D eigenvalue weighted by atomic mass is 10.2. The van der Waals surface area contributed by atoms with E-state index in [1.807, 2.05) is 24.3 Å². The Labute approximate surface area is 180 Å². The number of aromatic nitrogens is 2. The van der Waals surface area contributed by atoms with Crippen LogP contribution in [0.2, 0.25) is 0 Å². The highest BCUT2D eigenvalue weighted by Crippen LogP contribution is 2.23. The average Bonchev–Trinajstić information content (AvgIpc) is 3.09. The van der Waals surface area contributed by atoms with Crippen LogP contribution in [0.1, 0.15) is 0 Å². The van der Waals surface area contributed by atoms with Gasteiger partial charge < -0.3 is 9.32 Å². The van der Waals surface area contributed by atoms with Crippen molar-refractivity contribution >= 4 is 39.5 Å². The predicted molar refractivity (Wildman–Crippen MR) is 115 cm³/mol. The van der Waals surface area contributed by atoms with E-state index in [2.05, 4.69) is 30.8 Å². The average molecular weight is 476 g/mol. The van der Waals surface area contributed by atoms with Crippen LogP contribution in [-0.2, 0) is 6.67 Å². The molecule has 0 aliphatic carbocycles. The van der Waals surface area contributed by atoms with Gasteiger partial charge in [0, 0.05) is 54.0 Å². The van der Waals surface area contributed by atoms with Crippen LogP contribution in [-0.4, -0.2) is 45.8 Å². The van der Waals surface area contributed by atoms with Crippen molar-refractivity contribution in [3.05, 3.63) is 68.0 Å². The van der Waals surface area contributed by atoms with Gasteiger partial charge in [0.25, 0.3) is 10.5 Å². The fourth-order valence-corrected chi connectivity index (χ4v) is 3.83. The minimum absolute atomic E-state index is 0.106. The van der Waals surface area contributed by atoms with E-state index in [4.69, 9.17) is 16.6 Å². The van der Waals surface area contributed by atoms with Gasteiger partial charge in [0.05, 0.1) is 11.6 Å². The summed E-state index contributed by atoms with van der Waals surface area (Å²) in [4.78, 5) is 15.2.